The quantitative estimate of drug-likeness (QED) is 0.848. The van der Waals surface area contributed by atoms with Crippen LogP contribution in [0.5, 0.6) is 5.88 Å². The van der Waals surface area contributed by atoms with Crippen molar-refractivity contribution in [2.24, 2.45) is 5.73 Å². The van der Waals surface area contributed by atoms with Crippen molar-refractivity contribution in [1.82, 2.24) is 10.2 Å². The zero-order chi connectivity index (χ0) is 12.3. The van der Waals surface area contributed by atoms with E-state index in [0.29, 0.717) is 18.5 Å². The molecule has 1 aliphatic rings. The topological polar surface area (TPSA) is 61.0 Å². The maximum Gasteiger partial charge on any atom is 0.238 e. The van der Waals surface area contributed by atoms with Crippen molar-refractivity contribution in [2.75, 3.05) is 0 Å². The zero-order valence-corrected chi connectivity index (χ0v) is 10.7. The van der Waals surface area contributed by atoms with Crippen molar-refractivity contribution in [3.8, 4) is 5.88 Å². The molecular weight excluding hydrogens is 214 g/mol. The Morgan fingerprint density at radius 3 is 2.41 bits per heavy atom. The molecule has 1 heterocycles. The summed E-state index contributed by atoms with van der Waals surface area (Å²) in [6.45, 7) is 4.70. The Kier molecular flexibility index (Phi) is 3.94. The van der Waals surface area contributed by atoms with Gasteiger partial charge in [0.2, 0.25) is 5.88 Å². The van der Waals surface area contributed by atoms with Gasteiger partial charge in [-0.2, -0.15) is 5.10 Å². The van der Waals surface area contributed by atoms with Crippen molar-refractivity contribution in [2.45, 2.75) is 58.6 Å². The van der Waals surface area contributed by atoms with E-state index in [0.717, 1.165) is 36.9 Å². The van der Waals surface area contributed by atoms with Crippen LogP contribution in [0, 0.1) is 0 Å². The second-order valence-electron chi connectivity index (χ2n) is 4.49. The van der Waals surface area contributed by atoms with Crippen molar-refractivity contribution < 1.29 is 4.74 Å². The van der Waals surface area contributed by atoms with Crippen LogP contribution < -0.4 is 10.5 Å². The zero-order valence-electron chi connectivity index (χ0n) is 10.7. The highest BCUT2D eigenvalue weighted by atomic mass is 16.5. The minimum absolute atomic E-state index is 0.326. The fourth-order valence-corrected chi connectivity index (χ4v) is 2.18. The molecule has 1 aromatic rings. The summed E-state index contributed by atoms with van der Waals surface area (Å²) in [4.78, 5) is 0. The van der Waals surface area contributed by atoms with E-state index in [4.69, 9.17) is 10.5 Å². The number of aromatic nitrogens is 2. The van der Waals surface area contributed by atoms with E-state index in [1.165, 1.54) is 12.0 Å². The van der Waals surface area contributed by atoms with E-state index in [9.17, 15) is 0 Å². The summed E-state index contributed by atoms with van der Waals surface area (Å²) in [5, 5.41) is 8.46. The fourth-order valence-electron chi connectivity index (χ4n) is 2.18. The molecule has 94 valence electrons. The van der Waals surface area contributed by atoms with Crippen molar-refractivity contribution in [3.05, 3.63) is 16.8 Å². The molecule has 1 aliphatic carbocycles. The lowest BCUT2D eigenvalue weighted by Gasteiger charge is -2.27. The van der Waals surface area contributed by atoms with Crippen LogP contribution in [0.3, 0.4) is 0 Å². The molecule has 1 fully saturated rings. The fraction of sp³-hybridized carbons (Fsp3) is 0.692. The second-order valence-corrected chi connectivity index (χ2v) is 4.49. The third kappa shape index (κ3) is 2.41. The lowest BCUT2D eigenvalue weighted by Crippen LogP contribution is -2.26. The molecule has 0 atom stereocenters. The minimum atomic E-state index is 0.326. The number of hydrogen-bond donors (Lipinski definition) is 1. The summed E-state index contributed by atoms with van der Waals surface area (Å²) >= 11 is 0. The first-order chi connectivity index (χ1) is 8.30. The molecule has 4 nitrogen and oxygen atoms in total. The summed E-state index contributed by atoms with van der Waals surface area (Å²) in [7, 11) is 0. The SMILES string of the molecule is CCc1nnc(OC2CCC2)c(CN)c1CC. The van der Waals surface area contributed by atoms with Crippen LogP contribution in [0.1, 0.15) is 49.9 Å². The standard InChI is InChI=1S/C13H21N3O/c1-3-10-11(8-14)13(16-15-12(10)4-2)17-9-6-5-7-9/h9H,3-8,14H2,1-2H3. The highest BCUT2D eigenvalue weighted by Gasteiger charge is 2.22. The largest absolute Gasteiger partial charge is 0.473 e. The van der Waals surface area contributed by atoms with E-state index in [1.54, 1.807) is 0 Å². The summed E-state index contributed by atoms with van der Waals surface area (Å²) in [6, 6.07) is 0. The maximum atomic E-state index is 5.86. The summed E-state index contributed by atoms with van der Waals surface area (Å²) < 4.78 is 5.86. The molecule has 2 N–H and O–H groups in total. The number of rotatable bonds is 5. The third-order valence-electron chi connectivity index (χ3n) is 3.46. The van der Waals surface area contributed by atoms with E-state index in [-0.39, 0.29) is 0 Å². The second kappa shape index (κ2) is 5.45. The molecule has 0 unspecified atom stereocenters. The van der Waals surface area contributed by atoms with Crippen LogP contribution >= 0.6 is 0 Å². The Morgan fingerprint density at radius 1 is 1.18 bits per heavy atom. The maximum absolute atomic E-state index is 5.86. The van der Waals surface area contributed by atoms with Gasteiger partial charge in [0.15, 0.2) is 0 Å². The van der Waals surface area contributed by atoms with Crippen molar-refractivity contribution in [3.63, 3.8) is 0 Å². The molecule has 2 rings (SSSR count). The monoisotopic (exact) mass is 235 g/mol. The third-order valence-corrected chi connectivity index (χ3v) is 3.46. The van der Waals surface area contributed by atoms with Crippen LogP contribution in [-0.4, -0.2) is 16.3 Å². The lowest BCUT2D eigenvalue weighted by molar-refractivity contribution is 0.111. The van der Waals surface area contributed by atoms with E-state index in [1.807, 2.05) is 0 Å². The predicted molar refractivity (Wildman–Crippen MR) is 66.9 cm³/mol. The number of nitrogens with zero attached hydrogens (tertiary/aromatic N) is 2. The number of hydrogen-bond acceptors (Lipinski definition) is 4. The summed E-state index contributed by atoms with van der Waals surface area (Å²) in [6.07, 6.45) is 5.67. The van der Waals surface area contributed by atoms with E-state index < -0.39 is 0 Å². The first-order valence-corrected chi connectivity index (χ1v) is 6.54. The minimum Gasteiger partial charge on any atom is -0.473 e. The van der Waals surface area contributed by atoms with Crippen LogP contribution in [0.2, 0.25) is 0 Å². The molecular formula is C13H21N3O. The average molecular weight is 235 g/mol. The molecule has 0 radical (unpaired) electrons. The highest BCUT2D eigenvalue weighted by molar-refractivity contribution is 5.37. The Bertz CT molecular complexity index is 388. The van der Waals surface area contributed by atoms with Gasteiger partial charge in [-0.1, -0.05) is 13.8 Å². The first kappa shape index (κ1) is 12.3. The highest BCUT2D eigenvalue weighted by Crippen LogP contribution is 2.28. The summed E-state index contributed by atoms with van der Waals surface area (Å²) in [5.41, 5.74) is 9.16. The predicted octanol–water partition coefficient (Wildman–Crippen LogP) is 1.99. The van der Waals surface area contributed by atoms with Crippen molar-refractivity contribution >= 4 is 0 Å². The van der Waals surface area contributed by atoms with E-state index >= 15 is 0 Å². The molecule has 0 saturated heterocycles. The molecule has 0 amide bonds. The van der Waals surface area contributed by atoms with Gasteiger partial charge in [-0.05, 0) is 37.7 Å². The van der Waals surface area contributed by atoms with Gasteiger partial charge in [0.05, 0.1) is 5.69 Å². The molecule has 0 spiro atoms. The molecule has 17 heavy (non-hydrogen) atoms. The van der Waals surface area contributed by atoms with Gasteiger partial charge in [-0.15, -0.1) is 5.10 Å². The van der Waals surface area contributed by atoms with Crippen LogP contribution in [0.4, 0.5) is 0 Å². The van der Waals surface area contributed by atoms with Gasteiger partial charge in [-0.3, -0.25) is 0 Å². The molecule has 0 aromatic carbocycles. The normalized spacial score (nSPS) is 15.7. The number of ether oxygens (including phenoxy) is 1. The van der Waals surface area contributed by atoms with Gasteiger partial charge < -0.3 is 10.5 Å². The Morgan fingerprint density at radius 2 is 1.94 bits per heavy atom. The van der Waals surface area contributed by atoms with Gasteiger partial charge in [0, 0.05) is 12.1 Å². The first-order valence-electron chi connectivity index (χ1n) is 6.54. The van der Waals surface area contributed by atoms with Crippen LogP contribution in [-0.2, 0) is 19.4 Å². The van der Waals surface area contributed by atoms with Gasteiger partial charge >= 0.3 is 0 Å². The average Bonchev–Trinajstić information content (AvgIpc) is 2.32. The molecule has 1 aromatic heterocycles. The smallest absolute Gasteiger partial charge is 0.238 e. The lowest BCUT2D eigenvalue weighted by atomic mass is 9.96. The van der Waals surface area contributed by atoms with Gasteiger partial charge in [0.1, 0.15) is 6.10 Å². The Balaban J connectivity index is 2.30. The Labute approximate surface area is 103 Å². The molecule has 0 bridgehead atoms. The van der Waals surface area contributed by atoms with Crippen LogP contribution in [0.25, 0.3) is 0 Å². The summed E-state index contributed by atoms with van der Waals surface area (Å²) in [5.74, 6) is 0.659. The molecule has 1 saturated carbocycles. The van der Waals surface area contributed by atoms with Gasteiger partial charge in [-0.25, -0.2) is 0 Å². The van der Waals surface area contributed by atoms with Crippen LogP contribution in [0.15, 0.2) is 0 Å². The number of nitrogens with two attached hydrogens (primary N) is 1. The van der Waals surface area contributed by atoms with E-state index in [2.05, 4.69) is 24.0 Å². The van der Waals surface area contributed by atoms with Gasteiger partial charge in [0.25, 0.3) is 0 Å². The molecule has 0 aliphatic heterocycles. The Hall–Kier alpha value is -1.16. The number of aryl methyl sites for hydroxylation is 1. The van der Waals surface area contributed by atoms with Crippen molar-refractivity contribution in [1.29, 1.82) is 0 Å². The molecule has 4 heteroatoms.